The van der Waals surface area contributed by atoms with E-state index in [2.05, 4.69) is 26.4 Å². The summed E-state index contributed by atoms with van der Waals surface area (Å²) in [6.45, 7) is 4.09. The Morgan fingerprint density at radius 3 is 2.93 bits per heavy atom. The monoisotopic (exact) mass is 418 g/mol. The Labute approximate surface area is 174 Å². The van der Waals surface area contributed by atoms with Crippen LogP contribution in [0.2, 0.25) is 0 Å². The van der Waals surface area contributed by atoms with Crippen molar-refractivity contribution in [2.45, 2.75) is 32.7 Å². The molecule has 162 valence electrons. The highest BCUT2D eigenvalue weighted by atomic mass is 19.1. The highest BCUT2D eigenvalue weighted by Crippen LogP contribution is 2.30. The van der Waals surface area contributed by atoms with Crippen LogP contribution >= 0.6 is 0 Å². The molecular weight excluding hydrogens is 391 g/mol. The van der Waals surface area contributed by atoms with Crippen molar-refractivity contribution in [3.63, 3.8) is 0 Å². The number of fused-ring (bicyclic) bond motifs is 1. The van der Waals surface area contributed by atoms with Gasteiger partial charge in [-0.2, -0.15) is 0 Å². The molecule has 1 aromatic heterocycles. The molecule has 30 heavy (non-hydrogen) atoms. The number of halogens is 1. The van der Waals surface area contributed by atoms with E-state index in [1.165, 1.54) is 13.2 Å². The summed E-state index contributed by atoms with van der Waals surface area (Å²) in [5, 5.41) is 9.06. The zero-order valence-corrected chi connectivity index (χ0v) is 17.5. The minimum Gasteiger partial charge on any atom is -0.494 e. The molecule has 0 fully saturated rings. The molecule has 3 rings (SSSR count). The SMILES string of the molecule is CNC1=CC(Nc2cc(COCC(C)NC=O)c(F)cc2OC)Nn2c(C)cnc21. The number of methoxy groups -OCH3 is 1. The average molecular weight is 418 g/mol. The van der Waals surface area contributed by atoms with E-state index in [1.54, 1.807) is 19.2 Å². The lowest BCUT2D eigenvalue weighted by Crippen LogP contribution is -2.39. The lowest BCUT2D eigenvalue weighted by Gasteiger charge is -2.28. The quantitative estimate of drug-likeness (QED) is 0.434. The largest absolute Gasteiger partial charge is 0.494 e. The van der Waals surface area contributed by atoms with Gasteiger partial charge in [0, 0.05) is 24.7 Å². The maximum atomic E-state index is 14.5. The molecular formula is C20H27FN6O3. The molecule has 2 heterocycles. The molecule has 2 atom stereocenters. The molecule has 0 spiro atoms. The highest BCUT2D eigenvalue weighted by Gasteiger charge is 2.22. The number of rotatable bonds is 10. The standard InChI is InChI=1S/C20H27FN6O3/c1-12(24-11-28)9-30-10-14-5-16(18(29-4)6-15(14)21)25-19-7-17(22-3)20-23-8-13(2)27(20)26-19/h5-8,11-12,19,22,25-26H,9-10H2,1-4H3,(H,24,28). The van der Waals surface area contributed by atoms with Gasteiger partial charge in [0.1, 0.15) is 17.7 Å². The molecule has 9 nitrogen and oxygen atoms in total. The van der Waals surface area contributed by atoms with Gasteiger partial charge in [-0.1, -0.05) is 0 Å². The number of imidazole rings is 1. The first-order valence-electron chi connectivity index (χ1n) is 9.58. The first-order valence-corrected chi connectivity index (χ1v) is 9.58. The molecule has 2 aromatic rings. The second-order valence-corrected chi connectivity index (χ2v) is 6.98. The summed E-state index contributed by atoms with van der Waals surface area (Å²) in [4.78, 5) is 14.9. The van der Waals surface area contributed by atoms with Crippen molar-refractivity contribution >= 4 is 17.8 Å². The van der Waals surface area contributed by atoms with Gasteiger partial charge in [0.15, 0.2) is 5.82 Å². The third kappa shape index (κ3) is 4.65. The third-order valence-corrected chi connectivity index (χ3v) is 4.71. The Balaban J connectivity index is 1.78. The van der Waals surface area contributed by atoms with Crippen LogP contribution in [0.25, 0.3) is 5.70 Å². The van der Waals surface area contributed by atoms with E-state index in [1.807, 2.05) is 24.7 Å². The Kier molecular flexibility index (Phi) is 6.78. The van der Waals surface area contributed by atoms with Crippen LogP contribution in [-0.2, 0) is 16.1 Å². The van der Waals surface area contributed by atoms with Crippen molar-refractivity contribution in [2.75, 3.05) is 31.5 Å². The van der Waals surface area contributed by atoms with Crippen LogP contribution in [0.15, 0.2) is 24.4 Å². The van der Waals surface area contributed by atoms with Crippen LogP contribution in [-0.4, -0.2) is 49.0 Å². The molecule has 0 aliphatic carbocycles. The predicted molar refractivity (Wildman–Crippen MR) is 112 cm³/mol. The van der Waals surface area contributed by atoms with E-state index in [-0.39, 0.29) is 25.4 Å². The van der Waals surface area contributed by atoms with Crippen molar-refractivity contribution < 1.29 is 18.7 Å². The second kappa shape index (κ2) is 9.49. The highest BCUT2D eigenvalue weighted by molar-refractivity contribution is 5.65. The molecule has 10 heteroatoms. The number of aromatic nitrogens is 2. The molecule has 0 saturated heterocycles. The van der Waals surface area contributed by atoms with Gasteiger partial charge in [-0.25, -0.2) is 14.1 Å². The second-order valence-electron chi connectivity index (χ2n) is 6.98. The number of nitrogens with one attached hydrogen (secondary N) is 4. The van der Waals surface area contributed by atoms with Crippen molar-refractivity contribution in [2.24, 2.45) is 0 Å². The van der Waals surface area contributed by atoms with Crippen LogP contribution in [0.5, 0.6) is 5.75 Å². The van der Waals surface area contributed by atoms with Gasteiger partial charge >= 0.3 is 0 Å². The van der Waals surface area contributed by atoms with Crippen LogP contribution < -0.4 is 26.1 Å². The molecule has 1 aliphatic heterocycles. The maximum Gasteiger partial charge on any atom is 0.207 e. The molecule has 1 amide bonds. The van der Waals surface area contributed by atoms with E-state index in [4.69, 9.17) is 9.47 Å². The Morgan fingerprint density at radius 2 is 2.23 bits per heavy atom. The van der Waals surface area contributed by atoms with E-state index in [9.17, 15) is 9.18 Å². The number of nitrogens with zero attached hydrogens (tertiary/aromatic N) is 2. The number of carbonyl (C=O) groups is 1. The predicted octanol–water partition coefficient (Wildman–Crippen LogP) is 1.55. The van der Waals surface area contributed by atoms with E-state index in [0.29, 0.717) is 23.4 Å². The minimum absolute atomic E-state index is 0.0653. The first-order chi connectivity index (χ1) is 14.5. The topological polar surface area (TPSA) is 101 Å². The molecule has 0 radical (unpaired) electrons. The smallest absolute Gasteiger partial charge is 0.207 e. The number of anilines is 1. The van der Waals surface area contributed by atoms with Crippen LogP contribution in [0.1, 0.15) is 24.0 Å². The summed E-state index contributed by atoms with van der Waals surface area (Å²) in [7, 11) is 3.32. The summed E-state index contributed by atoms with van der Waals surface area (Å²) in [6, 6.07) is 2.83. The van der Waals surface area contributed by atoms with Crippen LogP contribution in [0.3, 0.4) is 0 Å². The average Bonchev–Trinajstić information content (AvgIpc) is 3.10. The molecule has 2 unspecified atom stereocenters. The molecule has 1 aromatic carbocycles. The number of benzene rings is 1. The fourth-order valence-corrected chi connectivity index (χ4v) is 3.15. The maximum absolute atomic E-state index is 14.5. The van der Waals surface area contributed by atoms with Crippen LogP contribution in [0.4, 0.5) is 10.1 Å². The molecule has 0 bridgehead atoms. The number of aryl methyl sites for hydroxylation is 1. The zero-order valence-electron chi connectivity index (χ0n) is 17.5. The zero-order chi connectivity index (χ0) is 21.7. The van der Waals surface area contributed by atoms with Gasteiger partial charge in [-0.3, -0.25) is 10.2 Å². The van der Waals surface area contributed by atoms with Crippen LogP contribution in [0, 0.1) is 12.7 Å². The van der Waals surface area contributed by atoms with Gasteiger partial charge in [0.05, 0.1) is 43.6 Å². The minimum atomic E-state index is -0.427. The summed E-state index contributed by atoms with van der Waals surface area (Å²) in [5.41, 5.74) is 6.13. The van der Waals surface area contributed by atoms with Crippen molar-refractivity contribution in [3.05, 3.63) is 47.3 Å². The normalized spacial score (nSPS) is 16.0. The number of carbonyl (C=O) groups excluding carboxylic acids is 1. The van der Waals surface area contributed by atoms with Gasteiger partial charge in [0.25, 0.3) is 0 Å². The lowest BCUT2D eigenvalue weighted by molar-refractivity contribution is -0.110. The molecule has 4 N–H and O–H groups in total. The molecule has 0 saturated carbocycles. The summed E-state index contributed by atoms with van der Waals surface area (Å²) >= 11 is 0. The number of hydrogen-bond donors (Lipinski definition) is 4. The number of amides is 1. The Morgan fingerprint density at radius 1 is 1.43 bits per heavy atom. The third-order valence-electron chi connectivity index (χ3n) is 4.71. The number of ether oxygens (including phenoxy) is 2. The first kappa shape index (κ1) is 21.4. The Bertz CT molecular complexity index is 930. The molecule has 1 aliphatic rings. The fraction of sp³-hybridized carbons (Fsp3) is 0.400. The lowest BCUT2D eigenvalue weighted by atomic mass is 10.1. The Hall–Kier alpha value is -3.27. The van der Waals surface area contributed by atoms with Gasteiger partial charge in [-0.05, 0) is 26.0 Å². The summed E-state index contributed by atoms with van der Waals surface area (Å²) in [5.74, 6) is 0.733. The van der Waals surface area contributed by atoms with E-state index >= 15 is 0 Å². The van der Waals surface area contributed by atoms with E-state index in [0.717, 1.165) is 17.2 Å². The fourth-order valence-electron chi connectivity index (χ4n) is 3.15. The number of hydrogen-bond acceptors (Lipinski definition) is 7. The van der Waals surface area contributed by atoms with E-state index < -0.39 is 5.82 Å². The van der Waals surface area contributed by atoms with Crippen molar-refractivity contribution in [3.8, 4) is 5.75 Å². The van der Waals surface area contributed by atoms with Crippen molar-refractivity contribution in [1.29, 1.82) is 0 Å². The van der Waals surface area contributed by atoms with Gasteiger partial charge < -0.3 is 25.4 Å². The van der Waals surface area contributed by atoms with Crippen molar-refractivity contribution in [1.82, 2.24) is 20.3 Å². The van der Waals surface area contributed by atoms with Gasteiger partial charge in [-0.15, -0.1) is 0 Å². The van der Waals surface area contributed by atoms with Gasteiger partial charge in [0.2, 0.25) is 6.41 Å². The summed E-state index contributed by atoms with van der Waals surface area (Å²) < 4.78 is 27.3. The summed E-state index contributed by atoms with van der Waals surface area (Å²) in [6.07, 6.45) is 4.05.